The second-order valence-corrected chi connectivity index (χ2v) is 5.43. The molecule has 0 bridgehead atoms. The van der Waals surface area contributed by atoms with Crippen molar-refractivity contribution in [3.05, 3.63) is 60.2 Å². The maximum atomic E-state index is 12.4. The lowest BCUT2D eigenvalue weighted by atomic mass is 10.2. The third kappa shape index (κ3) is 3.49. The molecule has 0 aliphatic rings. The Labute approximate surface area is 139 Å². The van der Waals surface area contributed by atoms with Crippen molar-refractivity contribution in [3.63, 3.8) is 0 Å². The minimum atomic E-state index is -0.172. The molecule has 8 heteroatoms. The molecule has 0 spiro atoms. The van der Waals surface area contributed by atoms with Gasteiger partial charge in [0, 0.05) is 32.5 Å². The standard InChI is InChI=1S/C16H19N7O/c1-21(16(24)15-12-22(10-7-17)20-19-15)11-13-3-5-14(6-4-13)23-9-2-8-18-23/h2-6,8-9,12H,7,10-11,17H2,1H3. The van der Waals surface area contributed by atoms with Gasteiger partial charge in [-0.1, -0.05) is 17.3 Å². The Morgan fingerprint density at radius 2 is 2.08 bits per heavy atom. The van der Waals surface area contributed by atoms with E-state index in [1.165, 1.54) is 0 Å². The number of hydrogen-bond acceptors (Lipinski definition) is 5. The number of nitrogens with two attached hydrogens (primary N) is 1. The molecule has 8 nitrogen and oxygen atoms in total. The Kier molecular flexibility index (Phi) is 4.66. The average Bonchev–Trinajstić information content (AvgIpc) is 3.27. The van der Waals surface area contributed by atoms with E-state index in [4.69, 9.17) is 5.73 Å². The van der Waals surface area contributed by atoms with Crippen LogP contribution in [0.1, 0.15) is 16.1 Å². The summed E-state index contributed by atoms with van der Waals surface area (Å²) in [4.78, 5) is 14.0. The van der Waals surface area contributed by atoms with E-state index in [9.17, 15) is 4.79 Å². The lowest BCUT2D eigenvalue weighted by Crippen LogP contribution is -2.26. The van der Waals surface area contributed by atoms with E-state index in [0.717, 1.165) is 11.3 Å². The molecule has 0 fully saturated rings. The molecule has 0 radical (unpaired) electrons. The van der Waals surface area contributed by atoms with Gasteiger partial charge in [0.2, 0.25) is 0 Å². The van der Waals surface area contributed by atoms with E-state index in [-0.39, 0.29) is 5.91 Å². The molecular weight excluding hydrogens is 306 g/mol. The first-order chi connectivity index (χ1) is 11.7. The topological polar surface area (TPSA) is 94.9 Å². The van der Waals surface area contributed by atoms with E-state index < -0.39 is 0 Å². The average molecular weight is 325 g/mol. The van der Waals surface area contributed by atoms with Crippen LogP contribution in [-0.2, 0) is 13.1 Å². The van der Waals surface area contributed by atoms with Crippen molar-refractivity contribution in [2.24, 2.45) is 5.73 Å². The highest BCUT2D eigenvalue weighted by atomic mass is 16.2. The lowest BCUT2D eigenvalue weighted by molar-refractivity contribution is 0.0779. The first-order valence-electron chi connectivity index (χ1n) is 7.62. The number of aromatic nitrogens is 5. The quantitative estimate of drug-likeness (QED) is 0.719. The van der Waals surface area contributed by atoms with Crippen molar-refractivity contribution in [1.82, 2.24) is 29.7 Å². The highest BCUT2D eigenvalue weighted by Crippen LogP contribution is 2.11. The van der Waals surface area contributed by atoms with Gasteiger partial charge in [-0.05, 0) is 23.8 Å². The Morgan fingerprint density at radius 1 is 1.29 bits per heavy atom. The monoisotopic (exact) mass is 325 g/mol. The Hall–Kier alpha value is -3.00. The van der Waals surface area contributed by atoms with Gasteiger partial charge in [0.25, 0.3) is 5.91 Å². The highest BCUT2D eigenvalue weighted by molar-refractivity contribution is 5.91. The van der Waals surface area contributed by atoms with E-state index in [2.05, 4.69) is 15.4 Å². The molecule has 0 saturated heterocycles. The van der Waals surface area contributed by atoms with Gasteiger partial charge in [-0.2, -0.15) is 5.10 Å². The number of hydrogen-bond donors (Lipinski definition) is 1. The zero-order valence-corrected chi connectivity index (χ0v) is 13.4. The van der Waals surface area contributed by atoms with Crippen LogP contribution >= 0.6 is 0 Å². The van der Waals surface area contributed by atoms with E-state index in [1.54, 1.807) is 33.7 Å². The molecule has 2 aromatic heterocycles. The summed E-state index contributed by atoms with van der Waals surface area (Å²) in [6, 6.07) is 9.77. The predicted octanol–water partition coefficient (Wildman–Crippen LogP) is 0.695. The van der Waals surface area contributed by atoms with Gasteiger partial charge in [0.05, 0.1) is 18.4 Å². The van der Waals surface area contributed by atoms with E-state index in [0.29, 0.717) is 25.3 Å². The molecule has 2 N–H and O–H groups in total. The highest BCUT2D eigenvalue weighted by Gasteiger charge is 2.16. The Bertz CT molecular complexity index is 792. The number of rotatable bonds is 6. The summed E-state index contributed by atoms with van der Waals surface area (Å²) in [5.41, 5.74) is 7.78. The number of amides is 1. The van der Waals surface area contributed by atoms with Crippen LogP contribution in [0.4, 0.5) is 0 Å². The second-order valence-electron chi connectivity index (χ2n) is 5.43. The first-order valence-corrected chi connectivity index (χ1v) is 7.62. The number of nitrogens with zero attached hydrogens (tertiary/aromatic N) is 6. The van der Waals surface area contributed by atoms with Gasteiger partial charge >= 0.3 is 0 Å². The number of carbonyl (C=O) groups is 1. The van der Waals surface area contributed by atoms with Gasteiger partial charge in [-0.3, -0.25) is 9.48 Å². The molecule has 0 aliphatic carbocycles. The van der Waals surface area contributed by atoms with Crippen LogP contribution in [-0.4, -0.2) is 49.2 Å². The third-order valence-corrected chi connectivity index (χ3v) is 3.59. The molecule has 1 amide bonds. The van der Waals surface area contributed by atoms with Crippen molar-refractivity contribution in [3.8, 4) is 5.69 Å². The van der Waals surface area contributed by atoms with Crippen LogP contribution in [0, 0.1) is 0 Å². The molecule has 0 saturated carbocycles. The minimum Gasteiger partial charge on any atom is -0.336 e. The zero-order chi connectivity index (χ0) is 16.9. The van der Waals surface area contributed by atoms with Crippen LogP contribution in [0.15, 0.2) is 48.9 Å². The largest absolute Gasteiger partial charge is 0.336 e. The summed E-state index contributed by atoms with van der Waals surface area (Å²) >= 11 is 0. The normalized spacial score (nSPS) is 10.8. The van der Waals surface area contributed by atoms with Crippen LogP contribution in [0.2, 0.25) is 0 Å². The van der Waals surface area contributed by atoms with Crippen LogP contribution < -0.4 is 5.73 Å². The van der Waals surface area contributed by atoms with Crippen LogP contribution in [0.25, 0.3) is 5.69 Å². The van der Waals surface area contributed by atoms with Gasteiger partial charge in [-0.25, -0.2) is 4.68 Å². The number of carbonyl (C=O) groups excluding carboxylic acids is 1. The van der Waals surface area contributed by atoms with Gasteiger partial charge in [0.1, 0.15) is 0 Å². The van der Waals surface area contributed by atoms with Crippen molar-refractivity contribution < 1.29 is 4.79 Å². The maximum Gasteiger partial charge on any atom is 0.276 e. The molecule has 3 aromatic rings. The van der Waals surface area contributed by atoms with Gasteiger partial charge in [-0.15, -0.1) is 5.10 Å². The zero-order valence-electron chi connectivity index (χ0n) is 13.4. The fourth-order valence-corrected chi connectivity index (χ4v) is 2.35. The molecule has 3 rings (SSSR count). The molecule has 1 aromatic carbocycles. The predicted molar refractivity (Wildman–Crippen MR) is 88.4 cm³/mol. The molecule has 0 unspecified atom stereocenters. The molecule has 24 heavy (non-hydrogen) atoms. The number of benzene rings is 1. The third-order valence-electron chi connectivity index (χ3n) is 3.59. The van der Waals surface area contributed by atoms with Crippen molar-refractivity contribution in [1.29, 1.82) is 0 Å². The van der Waals surface area contributed by atoms with E-state index in [1.807, 2.05) is 36.5 Å². The molecule has 0 aliphatic heterocycles. The summed E-state index contributed by atoms with van der Waals surface area (Å²) in [7, 11) is 1.74. The molecule has 0 atom stereocenters. The van der Waals surface area contributed by atoms with Gasteiger partial charge < -0.3 is 10.6 Å². The summed E-state index contributed by atoms with van der Waals surface area (Å²) in [6.45, 7) is 1.48. The van der Waals surface area contributed by atoms with Crippen molar-refractivity contribution >= 4 is 5.91 Å². The van der Waals surface area contributed by atoms with E-state index >= 15 is 0 Å². The Morgan fingerprint density at radius 3 is 2.75 bits per heavy atom. The summed E-state index contributed by atoms with van der Waals surface area (Å²) < 4.78 is 3.36. The SMILES string of the molecule is CN(Cc1ccc(-n2cccn2)cc1)C(=O)c1cn(CCN)nn1. The second kappa shape index (κ2) is 7.05. The fraction of sp³-hybridized carbons (Fsp3) is 0.250. The molecular formula is C16H19N7O. The van der Waals surface area contributed by atoms with Crippen LogP contribution in [0.5, 0.6) is 0 Å². The van der Waals surface area contributed by atoms with Crippen molar-refractivity contribution in [2.45, 2.75) is 13.1 Å². The first kappa shape index (κ1) is 15.9. The summed E-state index contributed by atoms with van der Waals surface area (Å²) in [5.74, 6) is -0.172. The summed E-state index contributed by atoms with van der Waals surface area (Å²) in [6.07, 6.45) is 5.24. The maximum absolute atomic E-state index is 12.4. The lowest BCUT2D eigenvalue weighted by Gasteiger charge is -2.16. The van der Waals surface area contributed by atoms with Gasteiger partial charge in [0.15, 0.2) is 5.69 Å². The Balaban J connectivity index is 1.65. The minimum absolute atomic E-state index is 0.172. The summed E-state index contributed by atoms with van der Waals surface area (Å²) in [5, 5.41) is 12.0. The fourth-order valence-electron chi connectivity index (χ4n) is 2.35. The smallest absolute Gasteiger partial charge is 0.276 e. The van der Waals surface area contributed by atoms with Crippen LogP contribution in [0.3, 0.4) is 0 Å². The van der Waals surface area contributed by atoms with Crippen molar-refractivity contribution in [2.75, 3.05) is 13.6 Å². The molecule has 124 valence electrons. The molecule has 2 heterocycles.